The van der Waals surface area contributed by atoms with E-state index >= 15 is 0 Å². The largest absolute Gasteiger partial charge is 0.135 e. The summed E-state index contributed by atoms with van der Waals surface area (Å²) < 4.78 is 2.68. The van der Waals surface area contributed by atoms with E-state index in [0.717, 1.165) is 9.92 Å². The van der Waals surface area contributed by atoms with Crippen LogP contribution in [-0.4, -0.2) is 6.26 Å². The van der Waals surface area contributed by atoms with Crippen molar-refractivity contribution >= 4 is 65.6 Å². The predicted molar refractivity (Wildman–Crippen MR) is 119 cm³/mol. The van der Waals surface area contributed by atoms with Gasteiger partial charge in [0.2, 0.25) is 0 Å². The Morgan fingerprint density at radius 3 is 2.46 bits per heavy atom. The van der Waals surface area contributed by atoms with Crippen LogP contribution in [0, 0.1) is 0 Å². The van der Waals surface area contributed by atoms with E-state index in [-0.39, 0.29) is 0 Å². The molecular weight excluding hydrogens is 376 g/mol. The molecule has 0 aliphatic heterocycles. The first kappa shape index (κ1) is 16.2. The summed E-state index contributed by atoms with van der Waals surface area (Å²) >= 11 is 10.1. The number of thioether (sulfide) groups is 1. The van der Waals surface area contributed by atoms with Crippen molar-refractivity contribution in [3.8, 4) is 11.1 Å². The minimum Gasteiger partial charge on any atom is -0.135 e. The molecule has 126 valence electrons. The Kier molecular flexibility index (Phi) is 3.93. The maximum Gasteiger partial charge on any atom is 0.0548 e. The minimum absolute atomic E-state index is 0.817. The van der Waals surface area contributed by atoms with E-state index in [0.29, 0.717) is 0 Å². The van der Waals surface area contributed by atoms with Gasteiger partial charge in [-0.25, -0.2) is 0 Å². The van der Waals surface area contributed by atoms with E-state index in [9.17, 15) is 0 Å². The summed E-state index contributed by atoms with van der Waals surface area (Å²) in [6.45, 7) is 0. The normalized spacial score (nSPS) is 11.6. The highest BCUT2D eigenvalue weighted by Gasteiger charge is 2.15. The van der Waals surface area contributed by atoms with Gasteiger partial charge in [-0.05, 0) is 40.3 Å². The molecule has 26 heavy (non-hydrogen) atoms. The second-order valence-corrected chi connectivity index (χ2v) is 8.54. The number of thiophene rings is 1. The first-order valence-corrected chi connectivity index (χ1v) is 10.9. The second-order valence-electron chi connectivity index (χ2n) is 6.26. The summed E-state index contributed by atoms with van der Waals surface area (Å²) in [5, 5.41) is 6.09. The summed E-state index contributed by atoms with van der Waals surface area (Å²) in [5.74, 6) is 0. The minimum atomic E-state index is 0.817. The molecule has 5 rings (SSSR count). The number of benzene rings is 4. The van der Waals surface area contributed by atoms with Gasteiger partial charge < -0.3 is 0 Å². The Hall–Kier alpha value is -2.00. The van der Waals surface area contributed by atoms with Crippen LogP contribution in [0.2, 0.25) is 5.02 Å². The molecular formula is C23H15ClS2. The average molecular weight is 391 g/mol. The Bertz CT molecular complexity index is 1280. The van der Waals surface area contributed by atoms with Crippen molar-refractivity contribution in [2.45, 2.75) is 4.90 Å². The predicted octanol–water partition coefficient (Wildman–Crippen LogP) is 8.25. The maximum atomic E-state index is 6.48. The zero-order chi connectivity index (χ0) is 17.7. The smallest absolute Gasteiger partial charge is 0.0548 e. The molecule has 0 aliphatic carbocycles. The molecule has 5 aromatic rings. The zero-order valence-electron chi connectivity index (χ0n) is 14.1. The van der Waals surface area contributed by atoms with Crippen LogP contribution in [0.4, 0.5) is 0 Å². The topological polar surface area (TPSA) is 0 Å². The van der Waals surface area contributed by atoms with Crippen molar-refractivity contribution < 1.29 is 0 Å². The van der Waals surface area contributed by atoms with Crippen molar-refractivity contribution in [2.24, 2.45) is 0 Å². The van der Waals surface area contributed by atoms with E-state index in [1.807, 2.05) is 23.5 Å². The lowest BCUT2D eigenvalue weighted by atomic mass is 9.98. The van der Waals surface area contributed by atoms with Crippen LogP contribution < -0.4 is 0 Å². The van der Waals surface area contributed by atoms with Gasteiger partial charge in [-0.3, -0.25) is 0 Å². The molecule has 0 saturated carbocycles. The van der Waals surface area contributed by atoms with E-state index < -0.39 is 0 Å². The maximum absolute atomic E-state index is 6.48. The van der Waals surface area contributed by atoms with E-state index in [1.165, 1.54) is 42.1 Å². The molecule has 0 nitrogen and oxygen atoms in total. The van der Waals surface area contributed by atoms with Gasteiger partial charge in [0.15, 0.2) is 0 Å². The molecule has 3 heteroatoms. The number of fused-ring (bicyclic) bond motifs is 5. The third kappa shape index (κ3) is 2.37. The van der Waals surface area contributed by atoms with E-state index in [2.05, 4.69) is 66.9 Å². The third-order valence-corrected chi connectivity index (χ3v) is 7.33. The SMILES string of the molecule is CSc1c(Cl)cccc1-c1cccc2sc3c4ccccc4ccc3c12. The molecule has 0 spiro atoms. The zero-order valence-corrected chi connectivity index (χ0v) is 16.5. The quantitative estimate of drug-likeness (QED) is 0.273. The number of hydrogen-bond donors (Lipinski definition) is 0. The first-order chi connectivity index (χ1) is 12.8. The molecule has 0 fully saturated rings. The van der Waals surface area contributed by atoms with Crippen molar-refractivity contribution in [3.63, 3.8) is 0 Å². The number of hydrogen-bond acceptors (Lipinski definition) is 2. The van der Waals surface area contributed by atoms with Gasteiger partial charge in [0.1, 0.15) is 0 Å². The molecule has 0 bridgehead atoms. The van der Waals surface area contributed by atoms with Gasteiger partial charge >= 0.3 is 0 Å². The molecule has 0 N–H and O–H groups in total. The van der Waals surface area contributed by atoms with Crippen molar-refractivity contribution in [1.82, 2.24) is 0 Å². The highest BCUT2D eigenvalue weighted by molar-refractivity contribution is 7.98. The van der Waals surface area contributed by atoms with Crippen LogP contribution >= 0.6 is 34.7 Å². The standard InChI is InChI=1S/C23H15ClS2/c1-25-23-17(9-4-10-19(23)24)16-8-5-11-20-21(16)18-13-12-14-6-2-3-7-15(14)22(18)26-20/h2-13H,1H3. The lowest BCUT2D eigenvalue weighted by Crippen LogP contribution is -1.84. The highest BCUT2D eigenvalue weighted by Crippen LogP contribution is 2.45. The molecule has 0 unspecified atom stereocenters. The Morgan fingerprint density at radius 1 is 0.769 bits per heavy atom. The summed E-state index contributed by atoms with van der Waals surface area (Å²) in [5.41, 5.74) is 2.47. The fourth-order valence-corrected chi connectivity index (χ4v) is 6.04. The fourth-order valence-electron chi connectivity index (χ4n) is 3.71. The van der Waals surface area contributed by atoms with Gasteiger partial charge in [0.25, 0.3) is 0 Å². The van der Waals surface area contributed by atoms with Gasteiger partial charge in [-0.2, -0.15) is 0 Å². The van der Waals surface area contributed by atoms with Crippen molar-refractivity contribution in [3.05, 3.63) is 77.8 Å². The van der Waals surface area contributed by atoms with Crippen LogP contribution in [0.3, 0.4) is 0 Å². The third-order valence-electron chi connectivity index (χ3n) is 4.85. The number of halogens is 1. The molecule has 4 aromatic carbocycles. The molecule has 0 amide bonds. The van der Waals surface area contributed by atoms with Gasteiger partial charge in [0, 0.05) is 25.1 Å². The number of rotatable bonds is 2. The molecule has 1 aromatic heterocycles. The Balaban J connectivity index is 1.94. The van der Waals surface area contributed by atoms with Crippen molar-refractivity contribution in [1.29, 1.82) is 0 Å². The monoisotopic (exact) mass is 390 g/mol. The van der Waals surface area contributed by atoms with Gasteiger partial charge in [-0.1, -0.05) is 72.3 Å². The van der Waals surface area contributed by atoms with Crippen LogP contribution in [0.5, 0.6) is 0 Å². The second kappa shape index (κ2) is 6.31. The molecule has 0 saturated heterocycles. The molecule has 1 heterocycles. The van der Waals surface area contributed by atoms with Crippen LogP contribution in [-0.2, 0) is 0 Å². The summed E-state index contributed by atoms with van der Waals surface area (Å²) in [6.07, 6.45) is 2.09. The highest BCUT2D eigenvalue weighted by atomic mass is 35.5. The lowest BCUT2D eigenvalue weighted by Gasteiger charge is -2.11. The first-order valence-electron chi connectivity index (χ1n) is 8.44. The average Bonchev–Trinajstić information content (AvgIpc) is 3.07. The molecule has 0 radical (unpaired) electrons. The van der Waals surface area contributed by atoms with E-state index in [1.54, 1.807) is 11.8 Å². The fraction of sp³-hybridized carbons (Fsp3) is 0.0435. The lowest BCUT2D eigenvalue weighted by molar-refractivity contribution is 1.46. The molecule has 0 atom stereocenters. The van der Waals surface area contributed by atoms with Crippen molar-refractivity contribution in [2.75, 3.05) is 6.26 Å². The molecule has 0 aliphatic rings. The Labute approximate surface area is 165 Å². The van der Waals surface area contributed by atoms with Gasteiger partial charge in [0.05, 0.1) is 5.02 Å². The van der Waals surface area contributed by atoms with E-state index in [4.69, 9.17) is 11.6 Å². The summed E-state index contributed by atoms with van der Waals surface area (Å²) in [6, 6.07) is 25.9. The van der Waals surface area contributed by atoms with Crippen LogP contribution in [0.15, 0.2) is 77.7 Å². The summed E-state index contributed by atoms with van der Waals surface area (Å²) in [4.78, 5) is 1.14. The van der Waals surface area contributed by atoms with Crippen LogP contribution in [0.1, 0.15) is 0 Å². The van der Waals surface area contributed by atoms with Crippen LogP contribution in [0.25, 0.3) is 42.1 Å². The summed E-state index contributed by atoms with van der Waals surface area (Å²) in [7, 11) is 0. The Morgan fingerprint density at radius 2 is 1.58 bits per heavy atom. The van der Waals surface area contributed by atoms with Gasteiger partial charge in [-0.15, -0.1) is 23.1 Å².